The van der Waals surface area contributed by atoms with Crippen molar-refractivity contribution < 1.29 is 49.0 Å². The van der Waals surface area contributed by atoms with Crippen molar-refractivity contribution in [3.05, 3.63) is 0 Å². The van der Waals surface area contributed by atoms with Gasteiger partial charge in [0.1, 0.15) is 0 Å². The maximum absolute atomic E-state index is 12.1. The predicted octanol–water partition coefficient (Wildman–Crippen LogP) is 2.74. The van der Waals surface area contributed by atoms with Gasteiger partial charge in [-0.25, -0.2) is 8.78 Å². The molecule has 98 valence electrons. The molecule has 0 atom stereocenters. The van der Waals surface area contributed by atoms with Crippen LogP contribution >= 0.6 is 0 Å². The van der Waals surface area contributed by atoms with E-state index in [1.807, 2.05) is 0 Å². The molecule has 1 nitrogen and oxygen atoms in total. The van der Waals surface area contributed by atoms with Crippen molar-refractivity contribution in [1.29, 1.82) is 0 Å². The van der Waals surface area contributed by atoms with Gasteiger partial charge in [-0.15, -0.1) is 0 Å². The van der Waals surface area contributed by atoms with E-state index in [1.165, 1.54) is 0 Å². The molecule has 0 aliphatic carbocycles. The zero-order chi connectivity index (χ0) is 13.6. The smallest absolute Gasteiger partial charge is 0.369 e. The standard InChI is InChI=1S/C5H2F10O/c6-1(7)2(8,9)3(16,4(10,11)12)5(13,14)15/h1,16H. The molecule has 0 fully saturated rings. The van der Waals surface area contributed by atoms with Gasteiger partial charge in [-0.3, -0.25) is 0 Å². The first-order valence-electron chi connectivity index (χ1n) is 3.21. The molecule has 16 heavy (non-hydrogen) atoms. The minimum atomic E-state index is -6.99. The van der Waals surface area contributed by atoms with Gasteiger partial charge in [0.2, 0.25) is 0 Å². The van der Waals surface area contributed by atoms with Crippen LogP contribution in [0, 0.1) is 0 Å². The SMILES string of the molecule is OC(C(F)(F)F)(C(F)(F)F)C(F)(F)C(F)F. The highest BCUT2D eigenvalue weighted by molar-refractivity contribution is 5.05. The second-order valence-corrected chi connectivity index (χ2v) is 2.63. The first-order valence-corrected chi connectivity index (χ1v) is 3.21. The Morgan fingerprint density at radius 1 is 0.688 bits per heavy atom. The van der Waals surface area contributed by atoms with Crippen LogP contribution in [0.15, 0.2) is 0 Å². The molecule has 0 aromatic rings. The van der Waals surface area contributed by atoms with Gasteiger partial charge in [0.25, 0.3) is 0 Å². The van der Waals surface area contributed by atoms with Crippen molar-refractivity contribution in [3.63, 3.8) is 0 Å². The van der Waals surface area contributed by atoms with E-state index in [2.05, 4.69) is 0 Å². The summed E-state index contributed by atoms with van der Waals surface area (Å²) in [5, 5.41) is 7.90. The highest BCUT2D eigenvalue weighted by Gasteiger charge is 2.84. The molecular formula is C5H2F10O. The lowest BCUT2D eigenvalue weighted by Crippen LogP contribution is -2.69. The van der Waals surface area contributed by atoms with E-state index in [9.17, 15) is 43.9 Å². The van der Waals surface area contributed by atoms with Crippen LogP contribution in [0.25, 0.3) is 0 Å². The van der Waals surface area contributed by atoms with Gasteiger partial charge < -0.3 is 5.11 Å². The van der Waals surface area contributed by atoms with E-state index in [1.54, 1.807) is 0 Å². The molecule has 1 N–H and O–H groups in total. The molecule has 0 aliphatic heterocycles. The van der Waals surface area contributed by atoms with Crippen molar-refractivity contribution in [2.24, 2.45) is 0 Å². The lowest BCUT2D eigenvalue weighted by Gasteiger charge is -2.37. The van der Waals surface area contributed by atoms with Crippen LogP contribution < -0.4 is 0 Å². The van der Waals surface area contributed by atoms with Gasteiger partial charge in [0, 0.05) is 0 Å². The van der Waals surface area contributed by atoms with E-state index < -0.39 is 30.3 Å². The quantitative estimate of drug-likeness (QED) is 0.763. The minimum Gasteiger partial charge on any atom is -0.369 e. The van der Waals surface area contributed by atoms with Gasteiger partial charge in [-0.05, 0) is 0 Å². The average Bonchev–Trinajstić information content (AvgIpc) is 1.97. The van der Waals surface area contributed by atoms with Crippen LogP contribution in [0.4, 0.5) is 43.9 Å². The third-order valence-electron chi connectivity index (χ3n) is 1.58. The zero-order valence-corrected chi connectivity index (χ0v) is 6.80. The third kappa shape index (κ3) is 1.92. The fraction of sp³-hybridized carbons (Fsp3) is 1.00. The summed E-state index contributed by atoms with van der Waals surface area (Å²) in [6.07, 6.45) is -19.3. The summed E-state index contributed by atoms with van der Waals surface area (Å²) in [6.45, 7) is 0. The molecule has 0 spiro atoms. The summed E-state index contributed by atoms with van der Waals surface area (Å²) < 4.78 is 117. The Bertz CT molecular complexity index is 235. The lowest BCUT2D eigenvalue weighted by atomic mass is 9.94. The normalized spacial score (nSPS) is 15.8. The van der Waals surface area contributed by atoms with Crippen LogP contribution in [0.3, 0.4) is 0 Å². The number of aliphatic hydroxyl groups is 1. The largest absolute Gasteiger partial charge is 0.432 e. The van der Waals surface area contributed by atoms with E-state index in [4.69, 9.17) is 5.11 Å². The van der Waals surface area contributed by atoms with Gasteiger partial charge >= 0.3 is 30.3 Å². The number of alkyl halides is 10. The molecule has 0 saturated heterocycles. The van der Waals surface area contributed by atoms with Crippen molar-refractivity contribution in [2.75, 3.05) is 0 Å². The molecular weight excluding hydrogens is 266 g/mol. The molecule has 0 aliphatic rings. The molecule has 0 saturated carbocycles. The summed E-state index contributed by atoms with van der Waals surface area (Å²) in [4.78, 5) is 0. The summed E-state index contributed by atoms with van der Waals surface area (Å²) in [6, 6.07) is 0. The van der Waals surface area contributed by atoms with Crippen LogP contribution in [0.5, 0.6) is 0 Å². The monoisotopic (exact) mass is 268 g/mol. The molecule has 0 bridgehead atoms. The Kier molecular flexibility index (Phi) is 3.47. The maximum Gasteiger partial charge on any atom is 0.432 e. The van der Waals surface area contributed by atoms with E-state index in [0.717, 1.165) is 0 Å². The zero-order valence-electron chi connectivity index (χ0n) is 6.80. The predicted molar refractivity (Wildman–Crippen MR) is 28.0 cm³/mol. The first kappa shape index (κ1) is 15.3. The molecule has 11 heteroatoms. The summed E-state index contributed by atoms with van der Waals surface area (Å²) in [5.41, 5.74) is -6.79. The Balaban J connectivity index is 5.81. The molecule has 0 radical (unpaired) electrons. The highest BCUT2D eigenvalue weighted by atomic mass is 19.4. The van der Waals surface area contributed by atoms with E-state index in [0.29, 0.717) is 0 Å². The number of hydrogen-bond donors (Lipinski definition) is 1. The first-order chi connectivity index (χ1) is 6.69. The lowest BCUT2D eigenvalue weighted by molar-refractivity contribution is -0.436. The van der Waals surface area contributed by atoms with Gasteiger partial charge in [-0.2, -0.15) is 35.1 Å². The average molecular weight is 268 g/mol. The van der Waals surface area contributed by atoms with Crippen LogP contribution in [0.2, 0.25) is 0 Å². The fourth-order valence-electron chi connectivity index (χ4n) is 0.697. The van der Waals surface area contributed by atoms with Crippen molar-refractivity contribution in [1.82, 2.24) is 0 Å². The summed E-state index contributed by atoms with van der Waals surface area (Å²) in [5.74, 6) is -6.70. The highest BCUT2D eigenvalue weighted by Crippen LogP contribution is 2.53. The van der Waals surface area contributed by atoms with Crippen LogP contribution in [0.1, 0.15) is 0 Å². The molecule has 0 unspecified atom stereocenters. The van der Waals surface area contributed by atoms with Gasteiger partial charge in [-0.1, -0.05) is 0 Å². The maximum atomic E-state index is 12.1. The van der Waals surface area contributed by atoms with Crippen LogP contribution in [-0.4, -0.2) is 35.4 Å². The van der Waals surface area contributed by atoms with Gasteiger partial charge in [0.05, 0.1) is 0 Å². The minimum absolute atomic E-state index is 5.33. The molecule has 0 rings (SSSR count). The second kappa shape index (κ2) is 3.64. The fourth-order valence-corrected chi connectivity index (χ4v) is 0.697. The Morgan fingerprint density at radius 2 is 0.938 bits per heavy atom. The Hall–Kier alpha value is -0.740. The molecule has 0 amide bonds. The van der Waals surface area contributed by atoms with E-state index >= 15 is 0 Å². The second-order valence-electron chi connectivity index (χ2n) is 2.63. The van der Waals surface area contributed by atoms with Crippen molar-refractivity contribution >= 4 is 0 Å². The van der Waals surface area contributed by atoms with Crippen molar-refractivity contribution in [3.8, 4) is 0 Å². The number of hydrogen-bond acceptors (Lipinski definition) is 1. The number of halogens is 10. The summed E-state index contributed by atoms with van der Waals surface area (Å²) >= 11 is 0. The van der Waals surface area contributed by atoms with E-state index in [-0.39, 0.29) is 0 Å². The Labute approximate surface area is 80.6 Å². The van der Waals surface area contributed by atoms with Crippen molar-refractivity contribution in [2.45, 2.75) is 30.3 Å². The summed E-state index contributed by atoms with van der Waals surface area (Å²) in [7, 11) is 0. The molecule has 0 aromatic heterocycles. The molecule has 0 heterocycles. The number of rotatable bonds is 2. The topological polar surface area (TPSA) is 20.2 Å². The Morgan fingerprint density at radius 3 is 1.00 bits per heavy atom. The van der Waals surface area contributed by atoms with Gasteiger partial charge in [0.15, 0.2) is 0 Å². The third-order valence-corrected chi connectivity index (χ3v) is 1.58. The van der Waals surface area contributed by atoms with Crippen LogP contribution in [-0.2, 0) is 0 Å². The molecule has 0 aromatic carbocycles.